The lowest BCUT2D eigenvalue weighted by Crippen LogP contribution is -2.22. The van der Waals surface area contributed by atoms with Crippen LogP contribution in [0, 0.1) is 17.8 Å². The Bertz CT molecular complexity index is 958. The molecule has 1 aliphatic heterocycles. The van der Waals surface area contributed by atoms with E-state index in [1.807, 2.05) is 6.07 Å². The number of rotatable bonds is 5. The van der Waals surface area contributed by atoms with Gasteiger partial charge in [-0.05, 0) is 61.3 Å². The molecule has 0 saturated heterocycles. The van der Waals surface area contributed by atoms with Gasteiger partial charge >= 0.3 is 0 Å². The van der Waals surface area contributed by atoms with Crippen molar-refractivity contribution in [3.63, 3.8) is 0 Å². The predicted molar refractivity (Wildman–Crippen MR) is 109 cm³/mol. The van der Waals surface area contributed by atoms with Crippen molar-refractivity contribution in [2.75, 3.05) is 17.4 Å². The highest BCUT2D eigenvalue weighted by molar-refractivity contribution is 6.10. The summed E-state index contributed by atoms with van der Waals surface area (Å²) in [5, 5.41) is 5.83. The van der Waals surface area contributed by atoms with Crippen LogP contribution in [0.15, 0.2) is 42.5 Å². The van der Waals surface area contributed by atoms with Gasteiger partial charge < -0.3 is 20.1 Å². The van der Waals surface area contributed by atoms with Crippen LogP contribution in [0.25, 0.3) is 0 Å². The molecular weight excluding hydrogens is 368 g/mol. The number of carbonyl (C=O) groups excluding carboxylic acids is 2. The lowest BCUT2D eigenvalue weighted by atomic mass is 9.86. The minimum atomic E-state index is -0.278. The van der Waals surface area contributed by atoms with Gasteiger partial charge in [0.25, 0.3) is 5.91 Å². The van der Waals surface area contributed by atoms with Gasteiger partial charge in [-0.25, -0.2) is 0 Å². The van der Waals surface area contributed by atoms with Crippen LogP contribution in [-0.4, -0.2) is 18.6 Å². The van der Waals surface area contributed by atoms with Gasteiger partial charge in [0.2, 0.25) is 12.7 Å². The van der Waals surface area contributed by atoms with Crippen molar-refractivity contribution in [3.8, 4) is 11.5 Å². The summed E-state index contributed by atoms with van der Waals surface area (Å²) in [6.07, 6.45) is 5.58. The standard InChI is InChI=1S/C23H24N2O4/c26-22(11-16-10-14-5-6-15(16)9-14)25-19-4-2-1-3-18(19)23(27)24-17-7-8-20-21(12-17)29-13-28-20/h1-4,7-8,12,14-16H,5-6,9-11,13H2,(H,24,27)(H,25,26)/t14-,15+,16-/m1/s1. The number of fused-ring (bicyclic) bond motifs is 3. The first kappa shape index (κ1) is 18.0. The molecule has 2 aromatic carbocycles. The second-order valence-corrected chi connectivity index (χ2v) is 8.25. The zero-order valence-electron chi connectivity index (χ0n) is 16.1. The highest BCUT2D eigenvalue weighted by atomic mass is 16.7. The van der Waals surface area contributed by atoms with Gasteiger partial charge in [-0.2, -0.15) is 0 Å². The molecule has 0 radical (unpaired) electrons. The molecule has 0 spiro atoms. The van der Waals surface area contributed by atoms with Crippen LogP contribution in [0.4, 0.5) is 11.4 Å². The van der Waals surface area contributed by atoms with E-state index in [1.54, 1.807) is 36.4 Å². The third-order valence-electron chi connectivity index (χ3n) is 6.41. The van der Waals surface area contributed by atoms with E-state index in [1.165, 1.54) is 25.7 Å². The number of nitrogens with one attached hydrogen (secondary N) is 2. The Hall–Kier alpha value is -3.02. The molecule has 2 aliphatic carbocycles. The Morgan fingerprint density at radius 3 is 2.66 bits per heavy atom. The largest absolute Gasteiger partial charge is 0.454 e. The van der Waals surface area contributed by atoms with Crippen molar-refractivity contribution in [3.05, 3.63) is 48.0 Å². The van der Waals surface area contributed by atoms with E-state index in [0.29, 0.717) is 46.7 Å². The number of ether oxygens (including phenoxy) is 2. The molecule has 6 heteroatoms. The van der Waals surface area contributed by atoms with Gasteiger partial charge in [-0.1, -0.05) is 18.6 Å². The Labute approximate surface area is 169 Å². The smallest absolute Gasteiger partial charge is 0.257 e. The maximum Gasteiger partial charge on any atom is 0.257 e. The molecule has 2 amide bonds. The molecule has 150 valence electrons. The van der Waals surface area contributed by atoms with Gasteiger partial charge in [0.05, 0.1) is 11.3 Å². The summed E-state index contributed by atoms with van der Waals surface area (Å²) in [7, 11) is 0. The number of anilines is 2. The van der Waals surface area contributed by atoms with E-state index in [0.717, 1.165) is 5.92 Å². The summed E-state index contributed by atoms with van der Waals surface area (Å²) in [6, 6.07) is 12.4. The Kier molecular flexibility index (Phi) is 4.62. The minimum Gasteiger partial charge on any atom is -0.454 e. The van der Waals surface area contributed by atoms with E-state index in [9.17, 15) is 9.59 Å². The van der Waals surface area contributed by atoms with Crippen molar-refractivity contribution in [2.45, 2.75) is 32.1 Å². The van der Waals surface area contributed by atoms with Crippen LogP contribution < -0.4 is 20.1 Å². The number of hydrogen-bond donors (Lipinski definition) is 2. The fourth-order valence-corrected chi connectivity index (χ4v) is 5.03. The summed E-state index contributed by atoms with van der Waals surface area (Å²) in [6.45, 7) is 0.185. The normalized spacial score (nSPS) is 23.8. The summed E-state index contributed by atoms with van der Waals surface area (Å²) >= 11 is 0. The number of carbonyl (C=O) groups is 2. The fraction of sp³-hybridized carbons (Fsp3) is 0.391. The molecule has 3 aliphatic rings. The second-order valence-electron chi connectivity index (χ2n) is 8.25. The molecular formula is C23H24N2O4. The molecule has 29 heavy (non-hydrogen) atoms. The first-order chi connectivity index (χ1) is 14.2. The van der Waals surface area contributed by atoms with Crippen LogP contribution in [0.1, 0.15) is 42.5 Å². The maximum atomic E-state index is 12.8. The highest BCUT2D eigenvalue weighted by Gasteiger charge is 2.40. The van der Waals surface area contributed by atoms with Gasteiger partial charge in [0, 0.05) is 18.2 Å². The number of para-hydroxylation sites is 1. The molecule has 2 saturated carbocycles. The first-order valence-electron chi connectivity index (χ1n) is 10.3. The average Bonchev–Trinajstić information content (AvgIpc) is 3.44. The molecule has 0 aromatic heterocycles. The topological polar surface area (TPSA) is 76.7 Å². The number of amides is 2. The van der Waals surface area contributed by atoms with Crippen LogP contribution in [0.3, 0.4) is 0 Å². The fourth-order valence-electron chi connectivity index (χ4n) is 5.03. The van der Waals surface area contributed by atoms with Gasteiger partial charge in [-0.15, -0.1) is 0 Å². The third kappa shape index (κ3) is 3.67. The molecule has 2 bridgehead atoms. The molecule has 0 unspecified atom stereocenters. The molecule has 6 nitrogen and oxygen atoms in total. The van der Waals surface area contributed by atoms with Crippen LogP contribution in [0.2, 0.25) is 0 Å². The monoisotopic (exact) mass is 392 g/mol. The Morgan fingerprint density at radius 2 is 1.83 bits per heavy atom. The Balaban J connectivity index is 1.26. The van der Waals surface area contributed by atoms with E-state index in [-0.39, 0.29) is 18.6 Å². The van der Waals surface area contributed by atoms with Crippen molar-refractivity contribution in [1.29, 1.82) is 0 Å². The van der Waals surface area contributed by atoms with Crippen LogP contribution >= 0.6 is 0 Å². The molecule has 1 heterocycles. The lowest BCUT2D eigenvalue weighted by molar-refractivity contribution is -0.117. The van der Waals surface area contributed by atoms with E-state index in [4.69, 9.17) is 9.47 Å². The van der Waals surface area contributed by atoms with Crippen LogP contribution in [-0.2, 0) is 4.79 Å². The van der Waals surface area contributed by atoms with Gasteiger partial charge in [-0.3, -0.25) is 9.59 Å². The molecule has 2 N–H and O–H groups in total. The zero-order chi connectivity index (χ0) is 19.8. The summed E-state index contributed by atoms with van der Waals surface area (Å²) in [5.41, 5.74) is 1.59. The summed E-state index contributed by atoms with van der Waals surface area (Å²) in [4.78, 5) is 25.5. The van der Waals surface area contributed by atoms with Gasteiger partial charge in [0.1, 0.15) is 0 Å². The van der Waals surface area contributed by atoms with Crippen molar-refractivity contribution in [2.24, 2.45) is 17.8 Å². The predicted octanol–water partition coefficient (Wildman–Crippen LogP) is 4.43. The van der Waals surface area contributed by atoms with E-state index in [2.05, 4.69) is 10.6 Å². The van der Waals surface area contributed by atoms with Crippen molar-refractivity contribution < 1.29 is 19.1 Å². The van der Waals surface area contributed by atoms with Crippen LogP contribution in [0.5, 0.6) is 11.5 Å². The van der Waals surface area contributed by atoms with Gasteiger partial charge in [0.15, 0.2) is 11.5 Å². The van der Waals surface area contributed by atoms with E-state index >= 15 is 0 Å². The quantitative estimate of drug-likeness (QED) is 0.789. The molecule has 2 aromatic rings. The number of benzene rings is 2. The highest BCUT2D eigenvalue weighted by Crippen LogP contribution is 2.49. The lowest BCUT2D eigenvalue weighted by Gasteiger charge is -2.21. The SMILES string of the molecule is O=C(C[C@H]1C[C@@H]2CC[C@H]1C2)Nc1ccccc1C(=O)Nc1ccc2c(c1)OCO2. The minimum absolute atomic E-state index is 0.00844. The summed E-state index contributed by atoms with van der Waals surface area (Å²) in [5.74, 6) is 2.99. The average molecular weight is 392 g/mol. The second kappa shape index (κ2) is 7.43. The molecule has 3 atom stereocenters. The molecule has 5 rings (SSSR count). The van der Waals surface area contributed by atoms with Crippen molar-refractivity contribution >= 4 is 23.2 Å². The maximum absolute atomic E-state index is 12.8. The van der Waals surface area contributed by atoms with E-state index < -0.39 is 0 Å². The first-order valence-corrected chi connectivity index (χ1v) is 10.3. The molecule has 2 fully saturated rings. The third-order valence-corrected chi connectivity index (χ3v) is 6.41. The number of hydrogen-bond acceptors (Lipinski definition) is 4. The zero-order valence-corrected chi connectivity index (χ0v) is 16.1. The summed E-state index contributed by atoms with van der Waals surface area (Å²) < 4.78 is 10.7. The van der Waals surface area contributed by atoms with Crippen molar-refractivity contribution in [1.82, 2.24) is 0 Å². The Morgan fingerprint density at radius 1 is 0.966 bits per heavy atom.